The lowest BCUT2D eigenvalue weighted by molar-refractivity contribution is 0.0613. The van der Waals surface area contributed by atoms with Crippen LogP contribution in [0.4, 0.5) is 0 Å². The minimum Gasteiger partial charge on any atom is -0.476 e. The maximum atomic E-state index is 13.2. The van der Waals surface area contributed by atoms with Crippen LogP contribution in [0, 0.1) is 6.92 Å². The Labute approximate surface area is 198 Å². The number of piperidine rings is 1. The molecular weight excluding hydrogens is 426 g/mol. The van der Waals surface area contributed by atoms with Gasteiger partial charge in [0.1, 0.15) is 0 Å². The number of aromatic nitrogens is 2. The molecule has 2 unspecified atom stereocenters. The largest absolute Gasteiger partial charge is 0.476 e. The van der Waals surface area contributed by atoms with Gasteiger partial charge in [0.25, 0.3) is 5.56 Å². The zero-order chi connectivity index (χ0) is 23.6. The molecule has 2 saturated heterocycles. The van der Waals surface area contributed by atoms with Crippen molar-refractivity contribution in [2.24, 2.45) is 0 Å². The third-order valence-electron chi connectivity index (χ3n) is 8.20. The highest BCUT2D eigenvalue weighted by Crippen LogP contribution is 2.49. The number of allylic oxidation sites excluding steroid dienone is 1. The van der Waals surface area contributed by atoms with E-state index in [0.717, 1.165) is 37.8 Å². The summed E-state index contributed by atoms with van der Waals surface area (Å²) in [7, 11) is 0. The van der Waals surface area contributed by atoms with Crippen molar-refractivity contribution in [1.29, 1.82) is 0 Å². The van der Waals surface area contributed by atoms with Gasteiger partial charge in [0, 0.05) is 29.9 Å². The summed E-state index contributed by atoms with van der Waals surface area (Å²) >= 11 is 0. The predicted octanol–water partition coefficient (Wildman–Crippen LogP) is 4.90. The number of carboxylic acids is 1. The second kappa shape index (κ2) is 7.91. The molecular formula is C28H29N3O3. The first-order valence-corrected chi connectivity index (χ1v) is 12.2. The number of rotatable bonds is 4. The molecule has 1 aliphatic carbocycles. The van der Waals surface area contributed by atoms with Crippen LogP contribution in [0.15, 0.2) is 47.3 Å². The molecule has 1 N–H and O–H groups in total. The molecule has 6 rings (SSSR count). The van der Waals surface area contributed by atoms with Crippen LogP contribution in [0.2, 0.25) is 0 Å². The van der Waals surface area contributed by atoms with Crippen molar-refractivity contribution >= 4 is 22.8 Å². The van der Waals surface area contributed by atoms with Crippen molar-refractivity contribution in [2.45, 2.75) is 70.1 Å². The van der Waals surface area contributed by atoms with Gasteiger partial charge in [-0.2, -0.15) is 0 Å². The van der Waals surface area contributed by atoms with Gasteiger partial charge in [-0.05, 0) is 73.9 Å². The molecule has 2 bridgehead atoms. The number of carboxylic acid groups (broad SMARTS) is 1. The molecule has 34 heavy (non-hydrogen) atoms. The van der Waals surface area contributed by atoms with Gasteiger partial charge >= 0.3 is 5.97 Å². The molecule has 3 aromatic rings. The van der Waals surface area contributed by atoms with Crippen molar-refractivity contribution < 1.29 is 9.90 Å². The Morgan fingerprint density at radius 1 is 1.09 bits per heavy atom. The minimum atomic E-state index is -1.26. The molecule has 0 saturated carbocycles. The number of hydrogen-bond donors (Lipinski definition) is 1. The molecule has 0 radical (unpaired) electrons. The summed E-state index contributed by atoms with van der Waals surface area (Å²) in [5.41, 5.74) is 3.32. The van der Waals surface area contributed by atoms with Crippen molar-refractivity contribution in [1.82, 2.24) is 14.5 Å². The van der Waals surface area contributed by atoms with Crippen LogP contribution in [0.3, 0.4) is 0 Å². The third kappa shape index (κ3) is 3.08. The van der Waals surface area contributed by atoms with E-state index >= 15 is 0 Å². The fraction of sp³-hybridized carbons (Fsp3) is 0.393. The van der Waals surface area contributed by atoms with Gasteiger partial charge in [-0.3, -0.25) is 9.69 Å². The fourth-order valence-corrected chi connectivity index (χ4v) is 6.92. The lowest BCUT2D eigenvalue weighted by Crippen LogP contribution is -2.47. The molecule has 174 valence electrons. The highest BCUT2D eigenvalue weighted by Gasteiger charge is 2.46. The predicted molar refractivity (Wildman–Crippen MR) is 132 cm³/mol. The topological polar surface area (TPSA) is 75.4 Å². The summed E-state index contributed by atoms with van der Waals surface area (Å²) in [6, 6.07) is 14.4. The van der Waals surface area contributed by atoms with Crippen LogP contribution in [0.25, 0.3) is 16.8 Å². The van der Waals surface area contributed by atoms with Crippen LogP contribution < -0.4 is 5.56 Å². The molecule has 6 heteroatoms. The first kappa shape index (κ1) is 21.3. The molecule has 4 atom stereocenters. The molecule has 0 amide bonds. The molecule has 1 aromatic heterocycles. The van der Waals surface area contributed by atoms with Crippen molar-refractivity contribution in [2.75, 3.05) is 0 Å². The highest BCUT2D eigenvalue weighted by molar-refractivity contribution is 5.91. The van der Waals surface area contributed by atoms with E-state index in [2.05, 4.69) is 46.3 Å². The highest BCUT2D eigenvalue weighted by atomic mass is 16.4. The fourth-order valence-electron chi connectivity index (χ4n) is 6.92. The Morgan fingerprint density at radius 2 is 1.79 bits per heavy atom. The van der Waals surface area contributed by atoms with Gasteiger partial charge in [0.15, 0.2) is 0 Å². The van der Waals surface area contributed by atoms with Crippen LogP contribution in [-0.4, -0.2) is 37.6 Å². The van der Waals surface area contributed by atoms with Gasteiger partial charge in [-0.15, -0.1) is 0 Å². The number of fused-ring (bicyclic) bond motifs is 2. The molecule has 2 aromatic carbocycles. The second-order valence-corrected chi connectivity index (χ2v) is 9.95. The van der Waals surface area contributed by atoms with E-state index in [0.29, 0.717) is 23.8 Å². The maximum Gasteiger partial charge on any atom is 0.360 e. The summed E-state index contributed by atoms with van der Waals surface area (Å²) < 4.78 is 1.73. The quantitative estimate of drug-likeness (QED) is 0.606. The van der Waals surface area contributed by atoms with Gasteiger partial charge in [-0.25, -0.2) is 9.78 Å². The molecule has 0 spiro atoms. The normalized spacial score (nSPS) is 26.1. The van der Waals surface area contributed by atoms with Crippen LogP contribution in [-0.2, 0) is 6.42 Å². The van der Waals surface area contributed by atoms with Gasteiger partial charge < -0.3 is 9.67 Å². The van der Waals surface area contributed by atoms with Crippen molar-refractivity contribution in [3.05, 3.63) is 81.0 Å². The standard InChI is InChI=1S/C28H29N3O3/c1-3-6-23-16(2)30(27(32)26(29-23)28(33)34)21-14-19-11-12-20(15-21)31(19)24-13-18-9-4-7-17-8-5-10-22(24)25(17)18/h3-10,19-21,24H,11-15H2,1-2H3,(H,33,34)/b6-3-/t19-,20+,21?,24?. The smallest absolute Gasteiger partial charge is 0.360 e. The average Bonchev–Trinajstić information content (AvgIpc) is 3.31. The zero-order valence-corrected chi connectivity index (χ0v) is 19.6. The molecule has 3 heterocycles. The summed E-state index contributed by atoms with van der Waals surface area (Å²) in [6.45, 7) is 3.76. The Kier molecular flexibility index (Phi) is 4.96. The minimum absolute atomic E-state index is 0.00840. The molecule has 6 nitrogen and oxygen atoms in total. The van der Waals surface area contributed by atoms with Crippen molar-refractivity contribution in [3.8, 4) is 0 Å². The Hall–Kier alpha value is -3.25. The van der Waals surface area contributed by atoms with E-state index in [1.165, 1.54) is 21.9 Å². The maximum absolute atomic E-state index is 13.2. The monoisotopic (exact) mass is 455 g/mol. The van der Waals surface area contributed by atoms with E-state index in [1.54, 1.807) is 10.6 Å². The molecule has 2 fully saturated rings. The van der Waals surface area contributed by atoms with Crippen LogP contribution >= 0.6 is 0 Å². The lowest BCUT2D eigenvalue weighted by Gasteiger charge is -2.43. The first-order chi connectivity index (χ1) is 16.5. The summed E-state index contributed by atoms with van der Waals surface area (Å²) in [6.07, 6.45) is 8.62. The summed E-state index contributed by atoms with van der Waals surface area (Å²) in [5.74, 6) is -1.26. The van der Waals surface area contributed by atoms with Gasteiger partial charge in [-0.1, -0.05) is 42.5 Å². The number of benzene rings is 2. The first-order valence-electron chi connectivity index (χ1n) is 12.2. The number of carbonyl (C=O) groups is 1. The van der Waals surface area contributed by atoms with E-state index in [-0.39, 0.29) is 11.7 Å². The van der Waals surface area contributed by atoms with Crippen LogP contribution in [0.5, 0.6) is 0 Å². The number of aromatic carboxylic acids is 1. The molecule has 2 aliphatic heterocycles. The van der Waals surface area contributed by atoms with E-state index in [1.807, 2.05) is 19.9 Å². The Morgan fingerprint density at radius 3 is 2.47 bits per heavy atom. The Bertz CT molecular complexity index is 1390. The van der Waals surface area contributed by atoms with E-state index in [9.17, 15) is 14.7 Å². The van der Waals surface area contributed by atoms with E-state index < -0.39 is 11.5 Å². The van der Waals surface area contributed by atoms with Crippen molar-refractivity contribution in [3.63, 3.8) is 0 Å². The Balaban J connectivity index is 1.36. The SMILES string of the molecule is C/C=C\c1nc(C(=O)O)c(=O)n(C2C[C@H]3CC[C@@H](C2)N3C2Cc3cccc4cccc2c34)c1C. The third-order valence-corrected chi connectivity index (χ3v) is 8.20. The van der Waals surface area contributed by atoms with Gasteiger partial charge in [0.05, 0.1) is 5.69 Å². The number of hydrogen-bond acceptors (Lipinski definition) is 4. The lowest BCUT2D eigenvalue weighted by atomic mass is 9.92. The average molecular weight is 456 g/mol. The number of nitrogens with zero attached hydrogens (tertiary/aromatic N) is 3. The molecule has 3 aliphatic rings. The summed E-state index contributed by atoms with van der Waals surface area (Å²) in [5, 5.41) is 12.4. The van der Waals surface area contributed by atoms with Gasteiger partial charge in [0.2, 0.25) is 5.69 Å². The van der Waals surface area contributed by atoms with E-state index in [4.69, 9.17) is 0 Å². The van der Waals surface area contributed by atoms with Crippen LogP contribution in [0.1, 0.15) is 77.7 Å². The zero-order valence-electron chi connectivity index (χ0n) is 19.6. The second-order valence-electron chi connectivity index (χ2n) is 9.95. The summed E-state index contributed by atoms with van der Waals surface area (Å²) in [4.78, 5) is 31.9.